The van der Waals surface area contributed by atoms with Crippen molar-refractivity contribution in [1.29, 1.82) is 0 Å². The van der Waals surface area contributed by atoms with E-state index in [1.807, 2.05) is 42.2 Å². The van der Waals surface area contributed by atoms with Gasteiger partial charge in [0.05, 0.1) is 6.42 Å². The second-order valence-electron chi connectivity index (χ2n) is 6.55. The molecule has 1 fully saturated rings. The van der Waals surface area contributed by atoms with Crippen molar-refractivity contribution in [1.82, 2.24) is 0 Å². The van der Waals surface area contributed by atoms with Crippen molar-refractivity contribution in [3.63, 3.8) is 0 Å². The molecule has 0 aliphatic carbocycles. The molecule has 1 heterocycles. The molecule has 2 aromatic rings. The average Bonchev–Trinajstić information content (AvgIpc) is 3.03. The number of amides is 2. The molecule has 0 saturated carbocycles. The number of anilines is 2. The van der Waals surface area contributed by atoms with E-state index >= 15 is 0 Å². The number of nitrogens with one attached hydrogen (secondary N) is 1. The second-order valence-corrected chi connectivity index (χ2v) is 6.55. The van der Waals surface area contributed by atoms with Crippen molar-refractivity contribution in [3.05, 3.63) is 59.2 Å². The van der Waals surface area contributed by atoms with Crippen LogP contribution in [-0.2, 0) is 22.4 Å². The van der Waals surface area contributed by atoms with Crippen LogP contribution in [0.1, 0.15) is 36.5 Å². The Morgan fingerprint density at radius 3 is 2.48 bits per heavy atom. The second kappa shape index (κ2) is 7.51. The predicted molar refractivity (Wildman–Crippen MR) is 101 cm³/mol. The molecule has 2 aromatic carbocycles. The van der Waals surface area contributed by atoms with Gasteiger partial charge in [0, 0.05) is 24.3 Å². The number of rotatable bonds is 5. The minimum atomic E-state index is -0.0493. The van der Waals surface area contributed by atoms with Crippen LogP contribution in [0.2, 0.25) is 0 Å². The first-order chi connectivity index (χ1) is 12.1. The van der Waals surface area contributed by atoms with Crippen molar-refractivity contribution in [3.8, 4) is 0 Å². The number of benzene rings is 2. The molecule has 4 heteroatoms. The maximum absolute atomic E-state index is 12.3. The van der Waals surface area contributed by atoms with Crippen molar-refractivity contribution < 1.29 is 9.59 Å². The summed E-state index contributed by atoms with van der Waals surface area (Å²) >= 11 is 0. The monoisotopic (exact) mass is 336 g/mol. The van der Waals surface area contributed by atoms with Crippen LogP contribution in [0, 0.1) is 6.92 Å². The highest BCUT2D eigenvalue weighted by Gasteiger charge is 2.23. The Hall–Kier alpha value is -2.62. The zero-order valence-corrected chi connectivity index (χ0v) is 14.8. The zero-order valence-electron chi connectivity index (χ0n) is 14.8. The molecule has 1 aliphatic heterocycles. The quantitative estimate of drug-likeness (QED) is 0.901. The lowest BCUT2D eigenvalue weighted by Crippen LogP contribution is -2.24. The first kappa shape index (κ1) is 17.2. The van der Waals surface area contributed by atoms with Crippen molar-refractivity contribution in [2.75, 3.05) is 16.8 Å². The summed E-state index contributed by atoms with van der Waals surface area (Å²) in [6.45, 7) is 4.85. The molecule has 0 spiro atoms. The minimum Gasteiger partial charge on any atom is -0.326 e. The maximum Gasteiger partial charge on any atom is 0.228 e. The summed E-state index contributed by atoms with van der Waals surface area (Å²) in [4.78, 5) is 26.1. The van der Waals surface area contributed by atoms with Crippen LogP contribution in [0.25, 0.3) is 0 Å². The van der Waals surface area contributed by atoms with Gasteiger partial charge in [-0.1, -0.05) is 37.3 Å². The van der Waals surface area contributed by atoms with Crippen LogP contribution in [0.5, 0.6) is 0 Å². The van der Waals surface area contributed by atoms with Gasteiger partial charge in [-0.05, 0) is 48.6 Å². The third-order valence-electron chi connectivity index (χ3n) is 4.65. The zero-order chi connectivity index (χ0) is 17.8. The summed E-state index contributed by atoms with van der Waals surface area (Å²) in [5, 5.41) is 2.95. The van der Waals surface area contributed by atoms with Crippen LogP contribution < -0.4 is 10.2 Å². The molecule has 0 aromatic heterocycles. The molecule has 1 N–H and O–H groups in total. The summed E-state index contributed by atoms with van der Waals surface area (Å²) < 4.78 is 0. The fourth-order valence-electron chi connectivity index (χ4n) is 3.16. The number of hydrogen-bond donors (Lipinski definition) is 1. The smallest absolute Gasteiger partial charge is 0.228 e. The van der Waals surface area contributed by atoms with Gasteiger partial charge in [0.1, 0.15) is 0 Å². The molecule has 25 heavy (non-hydrogen) atoms. The fraction of sp³-hybridized carbons (Fsp3) is 0.333. The van der Waals surface area contributed by atoms with Crippen LogP contribution in [-0.4, -0.2) is 18.4 Å². The molecular formula is C21H24N2O2. The Labute approximate surface area is 148 Å². The van der Waals surface area contributed by atoms with Gasteiger partial charge in [0.15, 0.2) is 0 Å². The molecule has 0 atom stereocenters. The van der Waals surface area contributed by atoms with Gasteiger partial charge in [-0.25, -0.2) is 0 Å². The van der Waals surface area contributed by atoms with E-state index in [1.165, 1.54) is 5.56 Å². The SMILES string of the molecule is CCc1ccc(CC(=O)Nc2ccc(C)c(N3CCCC3=O)c2)cc1. The first-order valence-corrected chi connectivity index (χ1v) is 8.85. The third-order valence-corrected chi connectivity index (χ3v) is 4.65. The molecule has 2 amide bonds. The minimum absolute atomic E-state index is 0.0493. The number of aryl methyl sites for hydroxylation is 2. The first-order valence-electron chi connectivity index (χ1n) is 8.85. The third kappa shape index (κ3) is 4.08. The van der Waals surface area contributed by atoms with E-state index in [2.05, 4.69) is 24.4 Å². The molecular weight excluding hydrogens is 312 g/mol. The molecule has 1 aliphatic rings. The molecule has 0 unspecified atom stereocenters. The Kier molecular flexibility index (Phi) is 5.17. The van der Waals surface area contributed by atoms with E-state index in [1.54, 1.807) is 0 Å². The average molecular weight is 336 g/mol. The van der Waals surface area contributed by atoms with Gasteiger partial charge >= 0.3 is 0 Å². The Morgan fingerprint density at radius 1 is 1.12 bits per heavy atom. The van der Waals surface area contributed by atoms with Crippen molar-refractivity contribution in [2.24, 2.45) is 0 Å². The number of carbonyl (C=O) groups is 2. The van der Waals surface area contributed by atoms with Gasteiger partial charge in [-0.15, -0.1) is 0 Å². The number of carbonyl (C=O) groups excluding carboxylic acids is 2. The van der Waals surface area contributed by atoms with E-state index in [0.717, 1.165) is 41.9 Å². The van der Waals surface area contributed by atoms with E-state index < -0.39 is 0 Å². The van der Waals surface area contributed by atoms with Crippen LogP contribution in [0.3, 0.4) is 0 Å². The molecule has 4 nitrogen and oxygen atoms in total. The van der Waals surface area contributed by atoms with Gasteiger partial charge in [-0.3, -0.25) is 9.59 Å². The fourth-order valence-corrected chi connectivity index (χ4v) is 3.16. The normalized spacial score (nSPS) is 14.0. The summed E-state index contributed by atoms with van der Waals surface area (Å²) in [5.41, 5.74) is 4.94. The van der Waals surface area contributed by atoms with E-state index in [9.17, 15) is 9.59 Å². The van der Waals surface area contributed by atoms with E-state index in [4.69, 9.17) is 0 Å². The maximum atomic E-state index is 12.3. The Bertz CT molecular complexity index is 781. The molecule has 3 rings (SSSR count). The van der Waals surface area contributed by atoms with Gasteiger partial charge < -0.3 is 10.2 Å². The van der Waals surface area contributed by atoms with Crippen molar-refractivity contribution >= 4 is 23.2 Å². The van der Waals surface area contributed by atoms with Crippen LogP contribution in [0.4, 0.5) is 11.4 Å². The van der Waals surface area contributed by atoms with Crippen LogP contribution in [0.15, 0.2) is 42.5 Å². The molecule has 130 valence electrons. The summed E-state index contributed by atoms with van der Waals surface area (Å²) in [7, 11) is 0. The highest BCUT2D eigenvalue weighted by Crippen LogP contribution is 2.28. The lowest BCUT2D eigenvalue weighted by molar-refractivity contribution is -0.117. The lowest BCUT2D eigenvalue weighted by atomic mass is 10.1. The topological polar surface area (TPSA) is 49.4 Å². The molecule has 1 saturated heterocycles. The van der Waals surface area contributed by atoms with Gasteiger partial charge in [-0.2, -0.15) is 0 Å². The number of hydrogen-bond acceptors (Lipinski definition) is 2. The van der Waals surface area contributed by atoms with E-state index in [-0.39, 0.29) is 11.8 Å². The largest absolute Gasteiger partial charge is 0.326 e. The molecule has 0 bridgehead atoms. The lowest BCUT2D eigenvalue weighted by Gasteiger charge is -2.19. The highest BCUT2D eigenvalue weighted by atomic mass is 16.2. The van der Waals surface area contributed by atoms with Crippen LogP contribution >= 0.6 is 0 Å². The van der Waals surface area contributed by atoms with Gasteiger partial charge in [0.25, 0.3) is 0 Å². The highest BCUT2D eigenvalue weighted by molar-refractivity contribution is 5.98. The Balaban J connectivity index is 1.69. The van der Waals surface area contributed by atoms with E-state index in [0.29, 0.717) is 12.8 Å². The Morgan fingerprint density at radius 2 is 1.84 bits per heavy atom. The standard InChI is InChI=1S/C21H24N2O2/c1-3-16-7-9-17(10-8-16)13-20(24)22-18-11-6-15(2)19(14-18)23-12-4-5-21(23)25/h6-11,14H,3-5,12-13H2,1-2H3,(H,22,24). The predicted octanol–water partition coefficient (Wildman–Crippen LogP) is 3.87. The molecule has 0 radical (unpaired) electrons. The summed E-state index contributed by atoms with van der Waals surface area (Å²) in [6, 6.07) is 13.9. The van der Waals surface area contributed by atoms with Gasteiger partial charge in [0.2, 0.25) is 11.8 Å². The van der Waals surface area contributed by atoms with Crippen molar-refractivity contribution in [2.45, 2.75) is 39.5 Å². The number of nitrogens with zero attached hydrogens (tertiary/aromatic N) is 1. The summed E-state index contributed by atoms with van der Waals surface area (Å²) in [5.74, 6) is 0.106. The summed E-state index contributed by atoms with van der Waals surface area (Å²) in [6.07, 6.45) is 2.83.